The van der Waals surface area contributed by atoms with E-state index in [0.717, 1.165) is 12.0 Å². The number of benzene rings is 1. The lowest BCUT2D eigenvalue weighted by Gasteiger charge is -2.26. The number of fused-ring (bicyclic) bond motifs is 1. The highest BCUT2D eigenvalue weighted by Crippen LogP contribution is 2.32. The number of anilines is 2. The first-order valence-electron chi connectivity index (χ1n) is 10.8. The molecule has 2 amide bonds. The molecule has 2 N–H and O–H groups in total. The first-order valence-corrected chi connectivity index (χ1v) is 10.8. The van der Waals surface area contributed by atoms with Gasteiger partial charge in [-0.2, -0.15) is 0 Å². The molecule has 0 aliphatic carbocycles. The third-order valence-corrected chi connectivity index (χ3v) is 5.56. The monoisotopic (exact) mass is 439 g/mol. The number of carbonyl (C=O) groups excluding carboxylic acids is 3. The van der Waals surface area contributed by atoms with Gasteiger partial charge in [-0.15, -0.1) is 0 Å². The molecule has 32 heavy (non-hydrogen) atoms. The van der Waals surface area contributed by atoms with E-state index in [1.54, 1.807) is 31.5 Å². The summed E-state index contributed by atoms with van der Waals surface area (Å²) >= 11 is 0. The van der Waals surface area contributed by atoms with Gasteiger partial charge < -0.3 is 15.4 Å². The fourth-order valence-electron chi connectivity index (χ4n) is 3.69. The topological polar surface area (TPSA) is 114 Å². The Kier molecular flexibility index (Phi) is 7.75. The Morgan fingerprint density at radius 3 is 2.56 bits per heavy atom. The van der Waals surface area contributed by atoms with Gasteiger partial charge in [0.05, 0.1) is 13.2 Å². The molecule has 9 heteroatoms. The van der Waals surface area contributed by atoms with Gasteiger partial charge in [-0.1, -0.05) is 38.5 Å². The van der Waals surface area contributed by atoms with E-state index >= 15 is 0 Å². The minimum atomic E-state index is -0.738. The molecule has 0 fully saturated rings. The quantitative estimate of drug-likeness (QED) is 0.574. The number of rotatable bonds is 9. The minimum Gasteiger partial charge on any atom is -0.464 e. The lowest BCUT2D eigenvalue weighted by molar-refractivity contribution is -0.145. The molecule has 3 rings (SSSR count). The van der Waals surface area contributed by atoms with Crippen molar-refractivity contribution in [1.29, 1.82) is 0 Å². The van der Waals surface area contributed by atoms with E-state index in [1.165, 1.54) is 4.90 Å². The van der Waals surface area contributed by atoms with Crippen molar-refractivity contribution in [1.82, 2.24) is 15.3 Å². The van der Waals surface area contributed by atoms with Crippen LogP contribution < -0.4 is 15.5 Å². The maximum absolute atomic E-state index is 13.1. The molecule has 1 aliphatic heterocycles. The van der Waals surface area contributed by atoms with Gasteiger partial charge in [-0.25, -0.2) is 14.8 Å². The number of aromatic nitrogens is 2. The molecule has 1 aromatic heterocycles. The van der Waals surface area contributed by atoms with E-state index in [9.17, 15) is 14.4 Å². The van der Waals surface area contributed by atoms with Crippen LogP contribution in [0, 0.1) is 5.92 Å². The zero-order chi connectivity index (χ0) is 23.1. The number of nitrogens with zero attached hydrogens (tertiary/aromatic N) is 3. The second-order valence-electron chi connectivity index (χ2n) is 7.66. The highest BCUT2D eigenvalue weighted by atomic mass is 16.5. The second kappa shape index (κ2) is 10.7. The number of amides is 2. The first kappa shape index (κ1) is 23.2. The van der Waals surface area contributed by atoms with Crippen LogP contribution in [0.4, 0.5) is 11.6 Å². The molecular weight excluding hydrogens is 410 g/mol. The van der Waals surface area contributed by atoms with Crippen LogP contribution in [0.3, 0.4) is 0 Å². The number of esters is 1. The van der Waals surface area contributed by atoms with Crippen molar-refractivity contribution in [3.05, 3.63) is 48.3 Å². The second-order valence-corrected chi connectivity index (χ2v) is 7.66. The van der Waals surface area contributed by atoms with Gasteiger partial charge in [0.1, 0.15) is 12.1 Å². The predicted octanol–water partition coefficient (Wildman–Crippen LogP) is 1.94. The molecular formula is C23H29N5O4. The van der Waals surface area contributed by atoms with Crippen LogP contribution in [-0.2, 0) is 25.5 Å². The fraction of sp³-hybridized carbons (Fsp3) is 0.435. The molecule has 0 radical (unpaired) electrons. The molecule has 2 unspecified atom stereocenters. The predicted molar refractivity (Wildman–Crippen MR) is 120 cm³/mol. The molecule has 0 saturated heterocycles. The van der Waals surface area contributed by atoms with Crippen LogP contribution in [0.1, 0.15) is 32.8 Å². The summed E-state index contributed by atoms with van der Waals surface area (Å²) in [6.45, 7) is 5.64. The fourth-order valence-corrected chi connectivity index (χ4v) is 3.69. The van der Waals surface area contributed by atoms with Crippen LogP contribution >= 0.6 is 0 Å². The van der Waals surface area contributed by atoms with Crippen LogP contribution in [0.15, 0.2) is 42.7 Å². The van der Waals surface area contributed by atoms with Crippen molar-refractivity contribution < 1.29 is 19.1 Å². The molecule has 0 saturated carbocycles. The molecule has 2 heterocycles. The molecule has 9 nitrogen and oxygen atoms in total. The number of carbonyl (C=O) groups is 3. The van der Waals surface area contributed by atoms with E-state index in [4.69, 9.17) is 4.74 Å². The first-order chi connectivity index (χ1) is 15.5. The molecule has 3 atom stereocenters. The Bertz CT molecular complexity index is 952. The van der Waals surface area contributed by atoms with Crippen LogP contribution in [0.2, 0.25) is 0 Å². The highest BCUT2D eigenvalue weighted by molar-refractivity contribution is 6.04. The van der Waals surface area contributed by atoms with E-state index in [0.29, 0.717) is 18.1 Å². The van der Waals surface area contributed by atoms with E-state index in [2.05, 4.69) is 20.6 Å². The Hall–Kier alpha value is -3.49. The summed E-state index contributed by atoms with van der Waals surface area (Å²) in [5, 5.41) is 5.77. The zero-order valence-electron chi connectivity index (χ0n) is 18.6. The van der Waals surface area contributed by atoms with Crippen LogP contribution in [-0.4, -0.2) is 53.0 Å². The summed E-state index contributed by atoms with van der Waals surface area (Å²) < 4.78 is 5.17. The third kappa shape index (κ3) is 5.22. The van der Waals surface area contributed by atoms with Gasteiger partial charge >= 0.3 is 5.97 Å². The standard InChI is InChI=1S/C23H29N5O4/c1-4-15(3)20(27-23-24-11-8-12-25-23)21(30)26-14-19(29)28-17-10-7-6-9-16(17)13-18(28)22(31)32-5-2/h6-12,15,18,20H,4-5,13-14H2,1-3H3,(H,26,30)(H,24,25,27)/t15?,18-,20?/m0/s1. The lowest BCUT2D eigenvalue weighted by Crippen LogP contribution is -2.51. The largest absolute Gasteiger partial charge is 0.464 e. The smallest absolute Gasteiger partial charge is 0.329 e. The molecule has 1 aromatic carbocycles. The third-order valence-electron chi connectivity index (χ3n) is 5.56. The average molecular weight is 440 g/mol. The van der Waals surface area contributed by atoms with Gasteiger partial charge in [0.25, 0.3) is 0 Å². The van der Waals surface area contributed by atoms with Crippen LogP contribution in [0.5, 0.6) is 0 Å². The summed E-state index contributed by atoms with van der Waals surface area (Å²) in [7, 11) is 0. The Balaban J connectivity index is 1.71. The van der Waals surface area contributed by atoms with Crippen molar-refractivity contribution in [2.24, 2.45) is 5.92 Å². The van der Waals surface area contributed by atoms with Crippen molar-refractivity contribution in [3.8, 4) is 0 Å². The lowest BCUT2D eigenvalue weighted by atomic mass is 9.98. The number of ether oxygens (including phenoxy) is 1. The molecule has 0 spiro atoms. The summed E-state index contributed by atoms with van der Waals surface area (Å²) in [4.78, 5) is 48.2. The SMILES string of the molecule is CCOC(=O)[C@@H]1Cc2ccccc2N1C(=O)CNC(=O)C(Nc1ncccn1)C(C)CC. The van der Waals surface area contributed by atoms with Gasteiger partial charge in [-0.05, 0) is 30.5 Å². The maximum atomic E-state index is 13.1. The Morgan fingerprint density at radius 1 is 1.16 bits per heavy atom. The maximum Gasteiger partial charge on any atom is 0.329 e. The van der Waals surface area contributed by atoms with E-state index in [-0.39, 0.29) is 30.9 Å². The Labute approximate surface area is 187 Å². The van der Waals surface area contributed by atoms with Crippen molar-refractivity contribution >= 4 is 29.4 Å². The summed E-state index contributed by atoms with van der Waals surface area (Å²) in [6, 6.07) is 7.70. The van der Waals surface area contributed by atoms with E-state index < -0.39 is 18.1 Å². The van der Waals surface area contributed by atoms with Gasteiger partial charge in [0, 0.05) is 24.5 Å². The molecule has 170 valence electrons. The summed E-state index contributed by atoms with van der Waals surface area (Å²) in [5.74, 6) is -0.840. The molecule has 1 aliphatic rings. The number of hydrogen-bond acceptors (Lipinski definition) is 7. The minimum absolute atomic E-state index is 0.0197. The number of nitrogens with one attached hydrogen (secondary N) is 2. The number of hydrogen-bond donors (Lipinski definition) is 2. The van der Waals surface area contributed by atoms with E-state index in [1.807, 2.05) is 32.0 Å². The summed E-state index contributed by atoms with van der Waals surface area (Å²) in [5.41, 5.74) is 1.56. The molecule has 2 aromatic rings. The summed E-state index contributed by atoms with van der Waals surface area (Å²) in [6.07, 6.45) is 4.31. The highest BCUT2D eigenvalue weighted by Gasteiger charge is 2.39. The van der Waals surface area contributed by atoms with Crippen LogP contribution in [0.25, 0.3) is 0 Å². The normalized spacial score (nSPS) is 16.6. The Morgan fingerprint density at radius 2 is 1.88 bits per heavy atom. The number of para-hydroxylation sites is 1. The molecule has 0 bridgehead atoms. The average Bonchev–Trinajstić information content (AvgIpc) is 3.21. The van der Waals surface area contributed by atoms with Crippen molar-refractivity contribution in [2.45, 2.75) is 45.7 Å². The van der Waals surface area contributed by atoms with Gasteiger partial charge in [0.15, 0.2) is 0 Å². The van der Waals surface area contributed by atoms with Crippen molar-refractivity contribution in [2.75, 3.05) is 23.4 Å². The van der Waals surface area contributed by atoms with Crippen molar-refractivity contribution in [3.63, 3.8) is 0 Å². The zero-order valence-corrected chi connectivity index (χ0v) is 18.6. The van der Waals surface area contributed by atoms with Gasteiger partial charge in [-0.3, -0.25) is 14.5 Å². The van der Waals surface area contributed by atoms with Gasteiger partial charge in [0.2, 0.25) is 17.8 Å².